The van der Waals surface area contributed by atoms with E-state index in [-0.39, 0.29) is 0 Å². The van der Waals surface area contributed by atoms with Gasteiger partial charge in [0.2, 0.25) is 5.76 Å². The molecule has 0 saturated heterocycles. The summed E-state index contributed by atoms with van der Waals surface area (Å²) < 4.78 is 4.14. The lowest BCUT2D eigenvalue weighted by Gasteiger charge is -1.96. The molecule has 0 bridgehead atoms. The van der Waals surface area contributed by atoms with Gasteiger partial charge in [0.15, 0.2) is 0 Å². The fraction of sp³-hybridized carbons (Fsp3) is 0.125. The van der Waals surface area contributed by atoms with Crippen molar-refractivity contribution in [3.8, 4) is 0 Å². The molecule has 0 aromatic carbocycles. The number of carbonyl (C=O) groups excluding carboxylic acids is 1. The number of esters is 1. The number of rotatable bonds is 4. The van der Waals surface area contributed by atoms with Crippen LogP contribution in [-0.2, 0) is 19.1 Å². The normalized spacial score (nSPS) is 12.1. The molecular formula is C8H8O7. The fourth-order valence-electron chi connectivity index (χ4n) is 0.560. The van der Waals surface area contributed by atoms with Crippen LogP contribution in [0.3, 0.4) is 0 Å². The van der Waals surface area contributed by atoms with Crippen molar-refractivity contribution in [1.82, 2.24) is 0 Å². The Bertz CT molecular complexity index is 350. The third-order valence-electron chi connectivity index (χ3n) is 1.23. The van der Waals surface area contributed by atoms with Crippen molar-refractivity contribution < 1.29 is 34.4 Å². The van der Waals surface area contributed by atoms with Gasteiger partial charge in [0.1, 0.15) is 0 Å². The number of carboxylic acids is 2. The van der Waals surface area contributed by atoms with Crippen LogP contribution in [0, 0.1) is 0 Å². The van der Waals surface area contributed by atoms with Crippen LogP contribution in [0.25, 0.3) is 0 Å². The molecule has 0 heterocycles. The van der Waals surface area contributed by atoms with Crippen molar-refractivity contribution in [2.24, 2.45) is 0 Å². The number of carbonyl (C=O) groups is 3. The van der Waals surface area contributed by atoms with E-state index in [1.165, 1.54) is 0 Å². The van der Waals surface area contributed by atoms with Crippen molar-refractivity contribution in [2.75, 3.05) is 7.11 Å². The van der Waals surface area contributed by atoms with Crippen LogP contribution in [-0.4, -0.2) is 40.3 Å². The first kappa shape index (κ1) is 12.7. The predicted molar refractivity (Wildman–Crippen MR) is 46.1 cm³/mol. The van der Waals surface area contributed by atoms with Crippen LogP contribution in [0.15, 0.2) is 23.5 Å². The highest BCUT2D eigenvalue weighted by molar-refractivity contribution is 5.99. The lowest BCUT2D eigenvalue weighted by Crippen LogP contribution is -2.07. The molecule has 0 aliphatic carbocycles. The van der Waals surface area contributed by atoms with E-state index in [2.05, 4.69) is 4.74 Å². The van der Waals surface area contributed by atoms with Gasteiger partial charge in [-0.3, -0.25) is 0 Å². The third-order valence-corrected chi connectivity index (χ3v) is 1.23. The zero-order valence-corrected chi connectivity index (χ0v) is 7.63. The molecule has 0 aromatic rings. The molecule has 0 spiro atoms. The molecule has 0 radical (unpaired) electrons. The van der Waals surface area contributed by atoms with Crippen molar-refractivity contribution in [1.29, 1.82) is 0 Å². The summed E-state index contributed by atoms with van der Waals surface area (Å²) in [5.74, 6) is -5.42. The van der Waals surface area contributed by atoms with Crippen molar-refractivity contribution in [3.63, 3.8) is 0 Å². The molecule has 15 heavy (non-hydrogen) atoms. The number of methoxy groups -OCH3 is 1. The van der Waals surface area contributed by atoms with Gasteiger partial charge in [0, 0.05) is 12.2 Å². The summed E-state index contributed by atoms with van der Waals surface area (Å²) >= 11 is 0. The van der Waals surface area contributed by atoms with Crippen LogP contribution in [0.4, 0.5) is 0 Å². The van der Waals surface area contributed by atoms with Crippen LogP contribution in [0.5, 0.6) is 0 Å². The Morgan fingerprint density at radius 3 is 1.87 bits per heavy atom. The SMILES string of the molecule is COC(=O)/C=C(\C=C(\O)C(=O)O)C(=O)O. The number of aliphatic carboxylic acids is 2. The first-order valence-electron chi connectivity index (χ1n) is 3.55. The number of carboxylic acid groups (broad SMARTS) is 2. The van der Waals surface area contributed by atoms with E-state index in [1.807, 2.05) is 0 Å². The monoisotopic (exact) mass is 216 g/mol. The van der Waals surface area contributed by atoms with E-state index in [4.69, 9.17) is 15.3 Å². The highest BCUT2D eigenvalue weighted by Gasteiger charge is 2.12. The Labute approximate surface area is 83.9 Å². The smallest absolute Gasteiger partial charge is 0.370 e. The molecule has 7 nitrogen and oxygen atoms in total. The molecule has 0 amide bonds. The van der Waals surface area contributed by atoms with E-state index in [9.17, 15) is 14.4 Å². The van der Waals surface area contributed by atoms with Crippen molar-refractivity contribution in [2.45, 2.75) is 0 Å². The standard InChI is InChI=1S/C8H8O7/c1-15-6(10)3-4(7(11)12)2-5(9)8(13)14/h2-3,9H,1H3,(H,11,12)(H,13,14)/b4-3+,5-2+. The molecule has 0 saturated carbocycles. The first-order chi connectivity index (χ1) is 6.88. The summed E-state index contributed by atoms with van der Waals surface area (Å²) in [5.41, 5.74) is -0.693. The maximum absolute atomic E-state index is 10.7. The highest BCUT2D eigenvalue weighted by Crippen LogP contribution is 2.02. The largest absolute Gasteiger partial charge is 0.502 e. The zero-order valence-electron chi connectivity index (χ0n) is 7.63. The molecule has 7 heteroatoms. The summed E-state index contributed by atoms with van der Waals surface area (Å²) in [6, 6.07) is 0. The van der Waals surface area contributed by atoms with E-state index in [1.54, 1.807) is 0 Å². The van der Waals surface area contributed by atoms with Gasteiger partial charge in [-0.25, -0.2) is 14.4 Å². The van der Waals surface area contributed by atoms with Crippen molar-refractivity contribution >= 4 is 17.9 Å². The van der Waals surface area contributed by atoms with E-state index < -0.39 is 29.2 Å². The summed E-state index contributed by atoms with van der Waals surface area (Å²) in [7, 11) is 1.03. The Balaban J connectivity index is 5.09. The van der Waals surface area contributed by atoms with E-state index >= 15 is 0 Å². The summed E-state index contributed by atoms with van der Waals surface area (Å²) in [6.45, 7) is 0. The summed E-state index contributed by atoms with van der Waals surface area (Å²) in [6.07, 6.45) is 0.975. The lowest BCUT2D eigenvalue weighted by atomic mass is 10.2. The zero-order chi connectivity index (χ0) is 12.0. The molecule has 0 fully saturated rings. The maximum atomic E-state index is 10.7. The topological polar surface area (TPSA) is 121 Å². The molecule has 0 aliphatic rings. The average Bonchev–Trinajstić information content (AvgIpc) is 2.15. The van der Waals surface area contributed by atoms with E-state index in [0.29, 0.717) is 12.2 Å². The molecule has 82 valence electrons. The second-order valence-corrected chi connectivity index (χ2v) is 2.26. The van der Waals surface area contributed by atoms with Gasteiger partial charge in [-0.15, -0.1) is 0 Å². The van der Waals surface area contributed by atoms with Crippen molar-refractivity contribution in [3.05, 3.63) is 23.5 Å². The van der Waals surface area contributed by atoms with Crippen LogP contribution >= 0.6 is 0 Å². The molecule has 3 N–H and O–H groups in total. The van der Waals surface area contributed by atoms with Gasteiger partial charge in [0.25, 0.3) is 0 Å². The number of hydrogen-bond acceptors (Lipinski definition) is 5. The van der Waals surface area contributed by atoms with Crippen LogP contribution < -0.4 is 0 Å². The maximum Gasteiger partial charge on any atom is 0.370 e. The van der Waals surface area contributed by atoms with Crippen LogP contribution in [0.1, 0.15) is 0 Å². The van der Waals surface area contributed by atoms with Gasteiger partial charge < -0.3 is 20.1 Å². The fourth-order valence-corrected chi connectivity index (χ4v) is 0.560. The molecule has 0 rings (SSSR count). The highest BCUT2D eigenvalue weighted by atomic mass is 16.5. The second kappa shape index (κ2) is 5.43. The second-order valence-electron chi connectivity index (χ2n) is 2.26. The molecule has 0 atom stereocenters. The minimum absolute atomic E-state index is 0.432. The first-order valence-corrected chi connectivity index (χ1v) is 3.55. The minimum atomic E-state index is -1.70. The minimum Gasteiger partial charge on any atom is -0.502 e. The van der Waals surface area contributed by atoms with Gasteiger partial charge in [-0.2, -0.15) is 0 Å². The summed E-state index contributed by atoms with van der Waals surface area (Å²) in [4.78, 5) is 31.3. The van der Waals surface area contributed by atoms with Gasteiger partial charge >= 0.3 is 17.9 Å². The number of hydrogen-bond donors (Lipinski definition) is 3. The Morgan fingerprint density at radius 2 is 1.53 bits per heavy atom. The average molecular weight is 216 g/mol. The Kier molecular flexibility index (Phi) is 4.59. The van der Waals surface area contributed by atoms with Crippen LogP contribution in [0.2, 0.25) is 0 Å². The third kappa shape index (κ3) is 4.46. The number of aliphatic hydroxyl groups is 1. The predicted octanol–water partition coefficient (Wildman–Crippen LogP) is -0.303. The van der Waals surface area contributed by atoms with Gasteiger partial charge in [-0.05, 0) is 0 Å². The quantitative estimate of drug-likeness (QED) is 0.255. The van der Waals surface area contributed by atoms with E-state index in [0.717, 1.165) is 7.11 Å². The lowest BCUT2D eigenvalue weighted by molar-refractivity contribution is -0.137. The van der Waals surface area contributed by atoms with Gasteiger partial charge in [0.05, 0.1) is 12.7 Å². The number of aliphatic hydroxyl groups excluding tert-OH is 1. The Hall–Kier alpha value is -2.31. The molecular weight excluding hydrogens is 208 g/mol. The Morgan fingerprint density at radius 1 is 1.00 bits per heavy atom. The number of ether oxygens (including phenoxy) is 1. The molecule has 0 aliphatic heterocycles. The van der Waals surface area contributed by atoms with Gasteiger partial charge in [-0.1, -0.05) is 0 Å². The molecule has 0 unspecified atom stereocenters. The molecule has 0 aromatic heterocycles. The summed E-state index contributed by atoms with van der Waals surface area (Å²) in [5, 5.41) is 25.5.